The van der Waals surface area contributed by atoms with Crippen molar-refractivity contribution in [1.29, 1.82) is 0 Å². The van der Waals surface area contributed by atoms with Crippen molar-refractivity contribution >= 4 is 10.0 Å². The van der Waals surface area contributed by atoms with Gasteiger partial charge in [0.1, 0.15) is 5.75 Å². The summed E-state index contributed by atoms with van der Waals surface area (Å²) in [6.07, 6.45) is 1.37. The first-order chi connectivity index (χ1) is 9.45. The highest BCUT2D eigenvalue weighted by Gasteiger charge is 2.07. The smallest absolute Gasteiger partial charge is 0.238 e. The zero-order valence-electron chi connectivity index (χ0n) is 10.7. The number of benzene rings is 1. The number of hydrogen-bond acceptors (Lipinski definition) is 5. The van der Waals surface area contributed by atoms with Gasteiger partial charge in [0.05, 0.1) is 16.8 Å². The Hall–Kier alpha value is -1.96. The highest BCUT2D eigenvalue weighted by Crippen LogP contribution is 2.10. The summed E-state index contributed by atoms with van der Waals surface area (Å²) in [5, 5.41) is 17.3. The van der Waals surface area contributed by atoms with Gasteiger partial charge in [-0.3, -0.25) is 4.98 Å². The maximum atomic E-state index is 11.2. The van der Waals surface area contributed by atoms with Crippen LogP contribution >= 0.6 is 0 Å². The number of aromatic nitrogens is 1. The lowest BCUT2D eigenvalue weighted by Gasteiger charge is -2.06. The van der Waals surface area contributed by atoms with Gasteiger partial charge in [0, 0.05) is 13.1 Å². The molecule has 1 aromatic carbocycles. The van der Waals surface area contributed by atoms with Gasteiger partial charge in [-0.2, -0.15) is 0 Å². The fourth-order valence-electron chi connectivity index (χ4n) is 1.69. The summed E-state index contributed by atoms with van der Waals surface area (Å²) in [6, 6.07) is 9.73. The molecule has 0 bridgehead atoms. The fraction of sp³-hybridized carbons (Fsp3) is 0.154. The zero-order valence-corrected chi connectivity index (χ0v) is 11.5. The first-order valence-corrected chi connectivity index (χ1v) is 7.46. The van der Waals surface area contributed by atoms with Crippen LogP contribution in [0.4, 0.5) is 0 Å². The number of pyridine rings is 1. The van der Waals surface area contributed by atoms with Crippen LogP contribution in [-0.2, 0) is 23.1 Å². The van der Waals surface area contributed by atoms with Crippen LogP contribution in [0.15, 0.2) is 47.5 Å². The van der Waals surface area contributed by atoms with Gasteiger partial charge in [-0.05, 0) is 29.8 Å². The molecule has 0 aliphatic rings. The van der Waals surface area contributed by atoms with E-state index in [1.807, 2.05) is 6.07 Å². The van der Waals surface area contributed by atoms with Gasteiger partial charge in [-0.15, -0.1) is 0 Å². The Morgan fingerprint density at radius 1 is 1.20 bits per heavy atom. The van der Waals surface area contributed by atoms with Crippen LogP contribution in [0, 0.1) is 0 Å². The number of aromatic hydroxyl groups is 1. The Morgan fingerprint density at radius 2 is 2.00 bits per heavy atom. The normalized spacial score (nSPS) is 11.4. The second-order valence-corrected chi connectivity index (χ2v) is 5.87. The summed E-state index contributed by atoms with van der Waals surface area (Å²) in [5.74, 6) is 0.120. The SMILES string of the molecule is NS(=O)(=O)c1cccc(CNCc2ccc(O)cn2)c1. The van der Waals surface area contributed by atoms with E-state index in [1.165, 1.54) is 18.3 Å². The van der Waals surface area contributed by atoms with Crippen molar-refractivity contribution in [2.24, 2.45) is 5.14 Å². The first-order valence-electron chi connectivity index (χ1n) is 5.91. The van der Waals surface area contributed by atoms with Crippen molar-refractivity contribution in [2.75, 3.05) is 0 Å². The monoisotopic (exact) mass is 293 g/mol. The minimum absolute atomic E-state index is 0.0968. The highest BCUT2D eigenvalue weighted by atomic mass is 32.2. The molecule has 2 aromatic rings. The van der Waals surface area contributed by atoms with E-state index in [9.17, 15) is 8.42 Å². The average Bonchev–Trinajstić information content (AvgIpc) is 2.40. The molecule has 2 rings (SSSR count). The number of hydrogen-bond donors (Lipinski definition) is 3. The standard InChI is InChI=1S/C13H15N3O3S/c14-20(18,19)13-3-1-2-10(6-13)7-15-8-11-4-5-12(17)9-16-11/h1-6,9,15,17H,7-8H2,(H2,14,18,19). The summed E-state index contributed by atoms with van der Waals surface area (Å²) in [5.41, 5.74) is 1.60. The third-order valence-corrected chi connectivity index (χ3v) is 3.58. The Balaban J connectivity index is 1.96. The van der Waals surface area contributed by atoms with Crippen molar-refractivity contribution in [3.05, 3.63) is 53.9 Å². The molecule has 0 amide bonds. The van der Waals surface area contributed by atoms with E-state index in [2.05, 4.69) is 10.3 Å². The summed E-state index contributed by atoms with van der Waals surface area (Å²) < 4.78 is 22.5. The Morgan fingerprint density at radius 3 is 2.65 bits per heavy atom. The van der Waals surface area contributed by atoms with Gasteiger partial charge in [0.25, 0.3) is 0 Å². The molecule has 0 saturated carbocycles. The largest absolute Gasteiger partial charge is 0.506 e. The van der Waals surface area contributed by atoms with E-state index in [0.717, 1.165) is 11.3 Å². The van der Waals surface area contributed by atoms with E-state index < -0.39 is 10.0 Å². The Bertz CT molecular complexity index is 684. The van der Waals surface area contributed by atoms with Crippen LogP contribution in [0.1, 0.15) is 11.3 Å². The molecule has 0 spiro atoms. The zero-order chi connectivity index (χ0) is 14.6. The molecule has 106 valence electrons. The third kappa shape index (κ3) is 4.02. The van der Waals surface area contributed by atoms with Crippen LogP contribution < -0.4 is 10.5 Å². The molecule has 0 aliphatic heterocycles. The first kappa shape index (κ1) is 14.4. The highest BCUT2D eigenvalue weighted by molar-refractivity contribution is 7.89. The van der Waals surface area contributed by atoms with Gasteiger partial charge in [0.2, 0.25) is 10.0 Å². The molecule has 0 radical (unpaired) electrons. The van der Waals surface area contributed by atoms with Gasteiger partial charge in [0.15, 0.2) is 0 Å². The lowest BCUT2D eigenvalue weighted by Crippen LogP contribution is -2.15. The quantitative estimate of drug-likeness (QED) is 0.753. The van der Waals surface area contributed by atoms with Gasteiger partial charge < -0.3 is 10.4 Å². The minimum atomic E-state index is -3.68. The maximum absolute atomic E-state index is 11.2. The Kier molecular flexibility index (Phi) is 4.33. The maximum Gasteiger partial charge on any atom is 0.238 e. The summed E-state index contributed by atoms with van der Waals surface area (Å²) >= 11 is 0. The predicted octanol–water partition coefficient (Wildman–Crippen LogP) is 0.724. The molecule has 0 atom stereocenters. The van der Waals surface area contributed by atoms with Crippen molar-refractivity contribution in [1.82, 2.24) is 10.3 Å². The van der Waals surface area contributed by atoms with E-state index in [1.54, 1.807) is 18.2 Å². The number of sulfonamides is 1. The van der Waals surface area contributed by atoms with Crippen LogP contribution in [0.2, 0.25) is 0 Å². The third-order valence-electron chi connectivity index (χ3n) is 2.67. The number of primary sulfonamides is 1. The predicted molar refractivity (Wildman–Crippen MR) is 74.3 cm³/mol. The van der Waals surface area contributed by atoms with Crippen molar-refractivity contribution < 1.29 is 13.5 Å². The van der Waals surface area contributed by atoms with Gasteiger partial charge in [-0.25, -0.2) is 13.6 Å². The second-order valence-electron chi connectivity index (χ2n) is 4.30. The fourth-order valence-corrected chi connectivity index (χ4v) is 2.27. The van der Waals surface area contributed by atoms with Gasteiger partial charge >= 0.3 is 0 Å². The molecule has 0 aliphatic carbocycles. The molecular weight excluding hydrogens is 278 g/mol. The number of nitrogens with one attached hydrogen (secondary N) is 1. The average molecular weight is 293 g/mol. The topological polar surface area (TPSA) is 105 Å². The molecule has 0 unspecified atom stereocenters. The number of nitrogens with zero attached hydrogens (tertiary/aromatic N) is 1. The number of nitrogens with two attached hydrogens (primary N) is 1. The number of rotatable bonds is 5. The van der Waals surface area contributed by atoms with Gasteiger partial charge in [-0.1, -0.05) is 12.1 Å². The molecule has 4 N–H and O–H groups in total. The molecule has 6 nitrogen and oxygen atoms in total. The summed E-state index contributed by atoms with van der Waals surface area (Å²) in [7, 11) is -3.68. The molecule has 0 fully saturated rings. The van der Waals surface area contributed by atoms with Crippen LogP contribution in [0.5, 0.6) is 5.75 Å². The van der Waals surface area contributed by atoms with Crippen molar-refractivity contribution in [3.8, 4) is 5.75 Å². The van der Waals surface area contributed by atoms with E-state index in [0.29, 0.717) is 13.1 Å². The van der Waals surface area contributed by atoms with Crippen LogP contribution in [-0.4, -0.2) is 18.5 Å². The molecular formula is C13H15N3O3S. The molecule has 0 saturated heterocycles. The van der Waals surface area contributed by atoms with Crippen molar-refractivity contribution in [2.45, 2.75) is 18.0 Å². The summed E-state index contributed by atoms with van der Waals surface area (Å²) in [4.78, 5) is 4.13. The van der Waals surface area contributed by atoms with E-state index >= 15 is 0 Å². The molecule has 1 heterocycles. The van der Waals surface area contributed by atoms with Crippen molar-refractivity contribution in [3.63, 3.8) is 0 Å². The second kappa shape index (κ2) is 6.00. The molecule has 1 aromatic heterocycles. The molecule has 7 heteroatoms. The lowest BCUT2D eigenvalue weighted by molar-refractivity contribution is 0.471. The molecule has 20 heavy (non-hydrogen) atoms. The van der Waals surface area contributed by atoms with E-state index in [4.69, 9.17) is 10.2 Å². The summed E-state index contributed by atoms with van der Waals surface area (Å²) in [6.45, 7) is 1.01. The van der Waals surface area contributed by atoms with Crippen LogP contribution in [0.3, 0.4) is 0 Å². The van der Waals surface area contributed by atoms with Crippen LogP contribution in [0.25, 0.3) is 0 Å². The Labute approximate surface area is 117 Å². The lowest BCUT2D eigenvalue weighted by atomic mass is 10.2. The van der Waals surface area contributed by atoms with E-state index in [-0.39, 0.29) is 10.6 Å². The minimum Gasteiger partial charge on any atom is -0.506 e.